The van der Waals surface area contributed by atoms with Gasteiger partial charge in [0, 0.05) is 26.8 Å². The molecule has 2 nitrogen and oxygen atoms in total. The highest BCUT2D eigenvalue weighted by Crippen LogP contribution is 2.26. The highest BCUT2D eigenvalue weighted by molar-refractivity contribution is 9.09. The first-order valence-electron chi connectivity index (χ1n) is 6.75. The number of fused-ring (bicyclic) bond motifs is 1. The van der Waals surface area contributed by atoms with Crippen LogP contribution < -0.4 is 5.32 Å². The Labute approximate surface area is 132 Å². The molecule has 20 heavy (non-hydrogen) atoms. The zero-order chi connectivity index (χ0) is 14.8. The largest absolute Gasteiger partial charge is 0.351 e. The molecule has 1 aromatic heterocycles. The Bertz CT molecular complexity index is 600. The summed E-state index contributed by atoms with van der Waals surface area (Å²) in [7, 11) is 0. The van der Waals surface area contributed by atoms with Crippen molar-refractivity contribution in [1.82, 2.24) is 5.32 Å². The Balaban J connectivity index is 1.99. The molecular weight excluding hydrogens is 334 g/mol. The minimum absolute atomic E-state index is 0.0146. The minimum atomic E-state index is 0.0146. The van der Waals surface area contributed by atoms with Crippen LogP contribution in [0.3, 0.4) is 0 Å². The molecule has 0 saturated heterocycles. The van der Waals surface area contributed by atoms with E-state index in [-0.39, 0.29) is 11.3 Å². The lowest BCUT2D eigenvalue weighted by atomic mass is 9.90. The summed E-state index contributed by atoms with van der Waals surface area (Å²) in [6, 6.07) is 8.02. The Morgan fingerprint density at radius 3 is 2.75 bits per heavy atom. The van der Waals surface area contributed by atoms with E-state index >= 15 is 0 Å². The zero-order valence-electron chi connectivity index (χ0n) is 12.1. The van der Waals surface area contributed by atoms with Crippen molar-refractivity contribution in [1.29, 1.82) is 0 Å². The van der Waals surface area contributed by atoms with E-state index < -0.39 is 0 Å². The molecule has 0 bridgehead atoms. The SMILES string of the molecule is CC(C)(C)CC(Br)CNC(=O)c1csc2ccccc12. The summed E-state index contributed by atoms with van der Waals surface area (Å²) in [5.74, 6) is 0.0146. The van der Waals surface area contributed by atoms with Gasteiger partial charge in [-0.1, -0.05) is 54.9 Å². The summed E-state index contributed by atoms with van der Waals surface area (Å²) in [6.45, 7) is 7.26. The maximum absolute atomic E-state index is 12.3. The lowest BCUT2D eigenvalue weighted by Crippen LogP contribution is -2.31. The van der Waals surface area contributed by atoms with Gasteiger partial charge in [0.25, 0.3) is 5.91 Å². The molecule has 0 aliphatic rings. The van der Waals surface area contributed by atoms with Crippen molar-refractivity contribution in [2.24, 2.45) is 5.41 Å². The van der Waals surface area contributed by atoms with Crippen LogP contribution in [0, 0.1) is 5.41 Å². The molecule has 1 atom stereocenters. The second-order valence-electron chi connectivity index (χ2n) is 6.22. The minimum Gasteiger partial charge on any atom is -0.351 e. The normalized spacial score (nSPS) is 13.4. The van der Waals surface area contributed by atoms with E-state index in [4.69, 9.17) is 0 Å². The summed E-state index contributed by atoms with van der Waals surface area (Å²) < 4.78 is 1.16. The summed E-state index contributed by atoms with van der Waals surface area (Å²) in [4.78, 5) is 12.6. The number of thiophene rings is 1. The number of nitrogens with one attached hydrogen (secondary N) is 1. The predicted molar refractivity (Wildman–Crippen MR) is 90.9 cm³/mol. The number of hydrogen-bond acceptors (Lipinski definition) is 2. The van der Waals surface area contributed by atoms with Gasteiger partial charge >= 0.3 is 0 Å². The molecule has 0 fully saturated rings. The quantitative estimate of drug-likeness (QED) is 0.783. The van der Waals surface area contributed by atoms with Crippen LogP contribution in [0.1, 0.15) is 37.6 Å². The molecule has 1 amide bonds. The fraction of sp³-hybridized carbons (Fsp3) is 0.438. The zero-order valence-corrected chi connectivity index (χ0v) is 14.5. The van der Waals surface area contributed by atoms with Gasteiger partial charge in [-0.05, 0) is 17.9 Å². The van der Waals surface area contributed by atoms with Gasteiger partial charge in [0.15, 0.2) is 0 Å². The average molecular weight is 354 g/mol. The van der Waals surface area contributed by atoms with Crippen LogP contribution in [0.4, 0.5) is 0 Å². The molecule has 2 aromatic rings. The second kappa shape index (κ2) is 6.27. The van der Waals surface area contributed by atoms with Gasteiger partial charge in [-0.3, -0.25) is 4.79 Å². The van der Waals surface area contributed by atoms with Crippen LogP contribution in [0.5, 0.6) is 0 Å². The van der Waals surface area contributed by atoms with Crippen molar-refractivity contribution in [3.63, 3.8) is 0 Å². The topological polar surface area (TPSA) is 29.1 Å². The van der Waals surface area contributed by atoms with Gasteiger partial charge in [-0.15, -0.1) is 11.3 Å². The van der Waals surface area contributed by atoms with Gasteiger partial charge in [0.2, 0.25) is 0 Å². The predicted octanol–water partition coefficient (Wildman–Crippen LogP) is 4.83. The molecule has 108 valence electrons. The Hall–Kier alpha value is -0.870. The van der Waals surface area contributed by atoms with Crippen molar-refractivity contribution in [3.05, 3.63) is 35.2 Å². The maximum atomic E-state index is 12.3. The molecule has 0 aliphatic carbocycles. The van der Waals surface area contributed by atoms with Crippen molar-refractivity contribution < 1.29 is 4.79 Å². The van der Waals surface area contributed by atoms with E-state index in [1.165, 1.54) is 0 Å². The summed E-state index contributed by atoms with van der Waals surface area (Å²) in [5, 5.41) is 6.00. The first-order chi connectivity index (χ1) is 9.37. The van der Waals surface area contributed by atoms with E-state index in [0.29, 0.717) is 11.4 Å². The fourth-order valence-corrected chi connectivity index (χ4v) is 4.26. The third-order valence-corrected chi connectivity index (χ3v) is 4.65. The third kappa shape index (κ3) is 4.06. The number of carbonyl (C=O) groups is 1. The Morgan fingerprint density at radius 1 is 1.35 bits per heavy atom. The second-order valence-corrected chi connectivity index (χ2v) is 8.42. The van der Waals surface area contributed by atoms with E-state index in [9.17, 15) is 4.79 Å². The van der Waals surface area contributed by atoms with Crippen LogP contribution in [0.15, 0.2) is 29.6 Å². The number of benzene rings is 1. The van der Waals surface area contributed by atoms with E-state index in [0.717, 1.165) is 22.1 Å². The third-order valence-electron chi connectivity index (χ3n) is 3.04. The van der Waals surface area contributed by atoms with Gasteiger partial charge in [0.1, 0.15) is 0 Å². The van der Waals surface area contributed by atoms with Crippen molar-refractivity contribution in [3.8, 4) is 0 Å². The standard InChI is InChI=1S/C16H20BrNOS/c1-16(2,3)8-11(17)9-18-15(19)13-10-20-14-7-5-4-6-12(13)14/h4-7,10-11H,8-9H2,1-3H3,(H,18,19). The van der Waals surface area contributed by atoms with Crippen LogP contribution >= 0.6 is 27.3 Å². The summed E-state index contributed by atoms with van der Waals surface area (Å²) in [5.41, 5.74) is 1.04. The van der Waals surface area contributed by atoms with Crippen LogP contribution in [-0.2, 0) is 0 Å². The molecule has 1 aromatic carbocycles. The van der Waals surface area contributed by atoms with Gasteiger partial charge < -0.3 is 5.32 Å². The number of alkyl halides is 1. The van der Waals surface area contributed by atoms with Crippen LogP contribution in [0.25, 0.3) is 10.1 Å². The highest BCUT2D eigenvalue weighted by atomic mass is 79.9. The molecule has 4 heteroatoms. The molecule has 0 spiro atoms. The van der Waals surface area contributed by atoms with Crippen molar-refractivity contribution in [2.75, 3.05) is 6.54 Å². The lowest BCUT2D eigenvalue weighted by Gasteiger charge is -2.22. The molecule has 0 aliphatic heterocycles. The summed E-state index contributed by atoms with van der Waals surface area (Å²) >= 11 is 5.26. The van der Waals surface area contributed by atoms with Crippen molar-refractivity contribution in [2.45, 2.75) is 32.0 Å². The van der Waals surface area contributed by atoms with Crippen LogP contribution in [0.2, 0.25) is 0 Å². The number of rotatable bonds is 4. The van der Waals surface area contributed by atoms with Crippen LogP contribution in [-0.4, -0.2) is 17.3 Å². The molecule has 1 unspecified atom stereocenters. The fourth-order valence-electron chi connectivity index (χ4n) is 2.19. The lowest BCUT2D eigenvalue weighted by molar-refractivity contribution is 0.0954. The summed E-state index contributed by atoms with van der Waals surface area (Å²) in [6.07, 6.45) is 1.03. The van der Waals surface area contributed by atoms with Gasteiger partial charge in [-0.25, -0.2) is 0 Å². The first-order valence-corrected chi connectivity index (χ1v) is 8.55. The number of amides is 1. The number of hydrogen-bond donors (Lipinski definition) is 1. The smallest absolute Gasteiger partial charge is 0.252 e. The number of halogens is 1. The molecule has 1 N–H and O–H groups in total. The molecule has 0 saturated carbocycles. The number of carbonyl (C=O) groups excluding carboxylic acids is 1. The molecular formula is C16H20BrNOS. The Morgan fingerprint density at radius 2 is 2.05 bits per heavy atom. The molecule has 2 rings (SSSR count). The Kier molecular flexibility index (Phi) is 4.86. The maximum Gasteiger partial charge on any atom is 0.252 e. The highest BCUT2D eigenvalue weighted by Gasteiger charge is 2.18. The van der Waals surface area contributed by atoms with Crippen molar-refractivity contribution >= 4 is 43.3 Å². The molecule has 1 heterocycles. The average Bonchev–Trinajstić information content (AvgIpc) is 2.78. The van der Waals surface area contributed by atoms with E-state index in [1.54, 1.807) is 11.3 Å². The van der Waals surface area contributed by atoms with Gasteiger partial charge in [0.05, 0.1) is 5.56 Å². The first kappa shape index (κ1) is 15.5. The molecule has 0 radical (unpaired) electrons. The van der Waals surface area contributed by atoms with E-state index in [2.05, 4.69) is 42.0 Å². The van der Waals surface area contributed by atoms with Gasteiger partial charge in [-0.2, -0.15) is 0 Å². The van der Waals surface area contributed by atoms with E-state index in [1.807, 2.05) is 29.6 Å². The monoisotopic (exact) mass is 353 g/mol.